The molecule has 0 aliphatic carbocycles. The van der Waals surface area contributed by atoms with Crippen molar-refractivity contribution < 1.29 is 9.53 Å². The number of amides is 2. The van der Waals surface area contributed by atoms with Crippen LogP contribution in [-0.4, -0.2) is 31.3 Å². The monoisotopic (exact) mass is 291 g/mol. The van der Waals surface area contributed by atoms with E-state index in [1.807, 2.05) is 23.7 Å². The Bertz CT molecular complexity index is 543. The van der Waals surface area contributed by atoms with Gasteiger partial charge in [0.2, 0.25) is 0 Å². The SMILES string of the molecule is COCCNC(=O)NCc1cncc(-c2cccs2)c1. The highest BCUT2D eigenvalue weighted by Crippen LogP contribution is 2.24. The van der Waals surface area contributed by atoms with Crippen LogP contribution in [0.15, 0.2) is 36.0 Å². The summed E-state index contributed by atoms with van der Waals surface area (Å²) in [6.07, 6.45) is 3.58. The first kappa shape index (κ1) is 14.5. The number of carbonyl (C=O) groups excluding carboxylic acids is 1. The van der Waals surface area contributed by atoms with Gasteiger partial charge in [0, 0.05) is 43.0 Å². The molecule has 2 aromatic rings. The van der Waals surface area contributed by atoms with Crippen LogP contribution in [0.3, 0.4) is 0 Å². The third-order valence-electron chi connectivity index (χ3n) is 2.65. The Hall–Kier alpha value is -1.92. The Balaban J connectivity index is 1.87. The summed E-state index contributed by atoms with van der Waals surface area (Å²) in [5, 5.41) is 7.52. The van der Waals surface area contributed by atoms with Gasteiger partial charge < -0.3 is 15.4 Å². The van der Waals surface area contributed by atoms with Crippen molar-refractivity contribution in [1.82, 2.24) is 15.6 Å². The highest BCUT2D eigenvalue weighted by molar-refractivity contribution is 7.13. The smallest absolute Gasteiger partial charge is 0.315 e. The zero-order valence-electron chi connectivity index (χ0n) is 11.3. The van der Waals surface area contributed by atoms with E-state index in [1.165, 1.54) is 4.88 Å². The first-order valence-corrected chi connectivity index (χ1v) is 7.16. The number of urea groups is 1. The summed E-state index contributed by atoms with van der Waals surface area (Å²) in [5.74, 6) is 0. The molecule has 0 unspecified atom stereocenters. The van der Waals surface area contributed by atoms with Crippen LogP contribution in [-0.2, 0) is 11.3 Å². The molecule has 0 saturated heterocycles. The summed E-state index contributed by atoms with van der Waals surface area (Å²) in [6, 6.07) is 5.89. The fourth-order valence-electron chi connectivity index (χ4n) is 1.67. The van der Waals surface area contributed by atoms with Crippen molar-refractivity contribution in [2.24, 2.45) is 0 Å². The van der Waals surface area contributed by atoms with E-state index in [0.29, 0.717) is 19.7 Å². The number of nitrogens with zero attached hydrogens (tertiary/aromatic N) is 1. The van der Waals surface area contributed by atoms with Crippen LogP contribution in [0.25, 0.3) is 10.4 Å². The molecule has 2 rings (SSSR count). The average Bonchev–Trinajstić information content (AvgIpc) is 3.00. The van der Waals surface area contributed by atoms with Crippen molar-refractivity contribution in [3.8, 4) is 10.4 Å². The van der Waals surface area contributed by atoms with Gasteiger partial charge in [0.25, 0.3) is 0 Å². The third kappa shape index (κ3) is 4.32. The number of hydrogen-bond acceptors (Lipinski definition) is 4. The molecular weight excluding hydrogens is 274 g/mol. The first-order valence-electron chi connectivity index (χ1n) is 6.28. The molecule has 0 aromatic carbocycles. The van der Waals surface area contributed by atoms with Crippen LogP contribution < -0.4 is 10.6 Å². The number of ether oxygens (including phenoxy) is 1. The zero-order chi connectivity index (χ0) is 14.2. The summed E-state index contributed by atoms with van der Waals surface area (Å²) in [4.78, 5) is 16.9. The number of carbonyl (C=O) groups is 1. The minimum atomic E-state index is -0.205. The van der Waals surface area contributed by atoms with Gasteiger partial charge in [0.1, 0.15) is 0 Å². The number of thiophene rings is 1. The molecule has 5 nitrogen and oxygen atoms in total. The second-order valence-electron chi connectivity index (χ2n) is 4.16. The lowest BCUT2D eigenvalue weighted by atomic mass is 10.2. The Kier molecular flexibility index (Phi) is 5.52. The van der Waals surface area contributed by atoms with Crippen molar-refractivity contribution in [3.63, 3.8) is 0 Å². The number of nitrogens with one attached hydrogen (secondary N) is 2. The minimum absolute atomic E-state index is 0.205. The van der Waals surface area contributed by atoms with Crippen LogP contribution in [0.1, 0.15) is 5.56 Å². The topological polar surface area (TPSA) is 63.2 Å². The molecule has 0 bridgehead atoms. The lowest BCUT2D eigenvalue weighted by Gasteiger charge is -2.07. The molecule has 2 aromatic heterocycles. The van der Waals surface area contributed by atoms with Crippen LogP contribution >= 0.6 is 11.3 Å². The predicted octanol–water partition coefficient (Wildman–Crippen LogP) is 2.26. The van der Waals surface area contributed by atoms with Crippen molar-refractivity contribution in [1.29, 1.82) is 0 Å². The van der Waals surface area contributed by atoms with E-state index in [-0.39, 0.29) is 6.03 Å². The van der Waals surface area contributed by atoms with Crippen LogP contribution in [0.4, 0.5) is 4.79 Å². The quantitative estimate of drug-likeness (QED) is 0.802. The molecule has 6 heteroatoms. The van der Waals surface area contributed by atoms with Crippen LogP contribution in [0, 0.1) is 0 Å². The summed E-state index contributed by atoms with van der Waals surface area (Å²) >= 11 is 1.67. The summed E-state index contributed by atoms with van der Waals surface area (Å²) in [6.45, 7) is 1.45. The minimum Gasteiger partial charge on any atom is -0.383 e. The predicted molar refractivity (Wildman–Crippen MR) is 79.7 cm³/mol. The normalized spacial score (nSPS) is 10.2. The van der Waals surface area contributed by atoms with Gasteiger partial charge in [-0.15, -0.1) is 11.3 Å². The Morgan fingerprint density at radius 3 is 3.05 bits per heavy atom. The number of rotatable bonds is 6. The van der Waals surface area contributed by atoms with Crippen molar-refractivity contribution in [2.75, 3.05) is 20.3 Å². The van der Waals surface area contributed by atoms with Crippen molar-refractivity contribution in [3.05, 3.63) is 41.5 Å². The molecule has 0 atom stereocenters. The molecule has 20 heavy (non-hydrogen) atoms. The second-order valence-corrected chi connectivity index (χ2v) is 5.11. The van der Waals surface area contributed by atoms with Gasteiger partial charge in [0.05, 0.1) is 6.61 Å². The third-order valence-corrected chi connectivity index (χ3v) is 3.56. The molecule has 0 radical (unpaired) electrons. The van der Waals surface area contributed by atoms with E-state index in [2.05, 4.69) is 21.7 Å². The van der Waals surface area contributed by atoms with E-state index < -0.39 is 0 Å². The van der Waals surface area contributed by atoms with Gasteiger partial charge in [-0.25, -0.2) is 4.79 Å². The second kappa shape index (κ2) is 7.62. The van der Waals surface area contributed by atoms with E-state index in [4.69, 9.17) is 4.74 Å². The van der Waals surface area contributed by atoms with Gasteiger partial charge in [-0.2, -0.15) is 0 Å². The largest absolute Gasteiger partial charge is 0.383 e. The van der Waals surface area contributed by atoms with E-state index >= 15 is 0 Å². The van der Waals surface area contributed by atoms with E-state index in [0.717, 1.165) is 11.1 Å². The lowest BCUT2D eigenvalue weighted by molar-refractivity contribution is 0.196. The Morgan fingerprint density at radius 1 is 1.40 bits per heavy atom. The number of hydrogen-bond donors (Lipinski definition) is 2. The molecule has 0 aliphatic rings. The first-order chi connectivity index (χ1) is 9.79. The highest BCUT2D eigenvalue weighted by Gasteiger charge is 2.03. The molecule has 2 heterocycles. The molecule has 2 N–H and O–H groups in total. The fourth-order valence-corrected chi connectivity index (χ4v) is 2.38. The Morgan fingerprint density at radius 2 is 2.30 bits per heavy atom. The summed E-state index contributed by atoms with van der Waals surface area (Å²) in [5.41, 5.74) is 2.04. The maximum Gasteiger partial charge on any atom is 0.315 e. The molecular formula is C14H17N3O2S. The van der Waals surface area contributed by atoms with Crippen LogP contribution in [0.2, 0.25) is 0 Å². The zero-order valence-corrected chi connectivity index (χ0v) is 12.1. The van der Waals surface area contributed by atoms with Gasteiger partial charge in [-0.1, -0.05) is 6.07 Å². The molecule has 0 aliphatic heterocycles. The molecule has 106 valence electrons. The Labute approximate surface area is 122 Å². The fraction of sp³-hybridized carbons (Fsp3) is 0.286. The van der Waals surface area contributed by atoms with Crippen molar-refractivity contribution >= 4 is 17.4 Å². The lowest BCUT2D eigenvalue weighted by Crippen LogP contribution is -2.36. The average molecular weight is 291 g/mol. The van der Waals surface area contributed by atoms with Crippen LogP contribution in [0.5, 0.6) is 0 Å². The van der Waals surface area contributed by atoms with Gasteiger partial charge in [-0.3, -0.25) is 4.98 Å². The number of aromatic nitrogens is 1. The molecule has 0 saturated carbocycles. The number of methoxy groups -OCH3 is 1. The molecule has 0 spiro atoms. The molecule has 0 fully saturated rings. The number of pyridine rings is 1. The standard InChI is InChI=1S/C14H17N3O2S/c1-19-5-4-16-14(18)17-9-11-7-12(10-15-8-11)13-3-2-6-20-13/h2-3,6-8,10H,4-5,9H2,1H3,(H2,16,17,18). The van der Waals surface area contributed by atoms with Gasteiger partial charge >= 0.3 is 6.03 Å². The van der Waals surface area contributed by atoms with E-state index in [9.17, 15) is 4.79 Å². The summed E-state index contributed by atoms with van der Waals surface area (Å²) in [7, 11) is 1.60. The maximum atomic E-state index is 11.5. The molecule has 2 amide bonds. The van der Waals surface area contributed by atoms with Gasteiger partial charge in [0.15, 0.2) is 0 Å². The summed E-state index contributed by atoms with van der Waals surface area (Å²) < 4.78 is 4.86. The highest BCUT2D eigenvalue weighted by atomic mass is 32.1. The van der Waals surface area contributed by atoms with E-state index in [1.54, 1.807) is 24.6 Å². The van der Waals surface area contributed by atoms with Gasteiger partial charge in [-0.05, 0) is 23.1 Å². The maximum absolute atomic E-state index is 11.5. The van der Waals surface area contributed by atoms with Crippen molar-refractivity contribution in [2.45, 2.75) is 6.54 Å².